The molecule has 2 heteroatoms. The highest BCUT2D eigenvalue weighted by molar-refractivity contribution is 5.33. The maximum Gasteiger partial charge on any atom is 0.195 e. The van der Waals surface area contributed by atoms with Crippen molar-refractivity contribution in [2.45, 2.75) is 19.9 Å². The van der Waals surface area contributed by atoms with Gasteiger partial charge in [0, 0.05) is 19.2 Å². The second-order valence-electron chi connectivity index (χ2n) is 2.66. The van der Waals surface area contributed by atoms with Gasteiger partial charge >= 0.3 is 0 Å². The molecule has 0 aliphatic carbocycles. The molecule has 1 rings (SSSR count). The van der Waals surface area contributed by atoms with E-state index < -0.39 is 0 Å². The van der Waals surface area contributed by atoms with E-state index in [9.17, 15) is 0 Å². The zero-order chi connectivity index (χ0) is 7.56. The number of hydrogen-bond donors (Lipinski definition) is 0. The van der Waals surface area contributed by atoms with Crippen LogP contribution >= 0.6 is 0 Å². The highest BCUT2D eigenvalue weighted by Gasteiger charge is 2.05. The Labute approximate surface area is 61.4 Å². The lowest BCUT2D eigenvalue weighted by atomic mass is 10.3. The lowest BCUT2D eigenvalue weighted by Crippen LogP contribution is -2.24. The molecule has 10 heavy (non-hydrogen) atoms. The smallest absolute Gasteiger partial charge is 0.195 e. The molecule has 0 atom stereocenters. The predicted octanol–water partition coefficient (Wildman–Crippen LogP) is 2.12. The summed E-state index contributed by atoms with van der Waals surface area (Å²) in [6.45, 7) is 4.26. The van der Waals surface area contributed by atoms with Gasteiger partial charge in [-0.1, -0.05) is 0 Å². The molecule has 1 aromatic rings. The normalized spacial score (nSPS) is 10.4. The van der Waals surface area contributed by atoms with Gasteiger partial charge in [0.15, 0.2) is 5.88 Å². The molecule has 0 saturated carbocycles. The van der Waals surface area contributed by atoms with E-state index in [1.807, 2.05) is 19.2 Å². The molecular weight excluding hydrogens is 126 g/mol. The lowest BCUT2D eigenvalue weighted by Gasteiger charge is -2.19. The standard InChI is InChI=1S/C8H13NO/c1-7(2)9(3)8-5-4-6-10-8/h4-7H,1-3H3. The van der Waals surface area contributed by atoms with Gasteiger partial charge in [-0.05, 0) is 19.9 Å². The zero-order valence-corrected chi connectivity index (χ0v) is 6.66. The number of hydrogen-bond acceptors (Lipinski definition) is 2. The van der Waals surface area contributed by atoms with Crippen molar-refractivity contribution in [2.24, 2.45) is 0 Å². The molecule has 0 saturated heterocycles. The zero-order valence-electron chi connectivity index (χ0n) is 6.66. The SMILES string of the molecule is CC(C)N(C)c1ccco1. The van der Waals surface area contributed by atoms with Crippen LogP contribution in [0.4, 0.5) is 5.88 Å². The summed E-state index contributed by atoms with van der Waals surface area (Å²) in [6.07, 6.45) is 1.69. The van der Waals surface area contributed by atoms with Crippen LogP contribution in [0.25, 0.3) is 0 Å². The highest BCUT2D eigenvalue weighted by atomic mass is 16.3. The first-order valence-corrected chi connectivity index (χ1v) is 3.48. The van der Waals surface area contributed by atoms with Gasteiger partial charge in [0.1, 0.15) is 0 Å². The van der Waals surface area contributed by atoms with Crippen molar-refractivity contribution in [3.8, 4) is 0 Å². The fourth-order valence-electron chi connectivity index (χ4n) is 0.725. The van der Waals surface area contributed by atoms with Crippen molar-refractivity contribution in [3.63, 3.8) is 0 Å². The summed E-state index contributed by atoms with van der Waals surface area (Å²) < 4.78 is 5.18. The Morgan fingerprint density at radius 3 is 2.60 bits per heavy atom. The quantitative estimate of drug-likeness (QED) is 0.624. The van der Waals surface area contributed by atoms with Crippen LogP contribution in [0.5, 0.6) is 0 Å². The molecule has 0 spiro atoms. The Kier molecular flexibility index (Phi) is 2.00. The maximum atomic E-state index is 5.18. The van der Waals surface area contributed by atoms with Gasteiger partial charge < -0.3 is 9.32 Å². The van der Waals surface area contributed by atoms with E-state index in [1.54, 1.807) is 6.26 Å². The Bertz CT molecular complexity index is 179. The summed E-state index contributed by atoms with van der Waals surface area (Å²) in [5.41, 5.74) is 0. The van der Waals surface area contributed by atoms with E-state index in [0.717, 1.165) is 5.88 Å². The second-order valence-corrected chi connectivity index (χ2v) is 2.66. The lowest BCUT2D eigenvalue weighted by molar-refractivity contribution is 0.540. The molecule has 1 aromatic heterocycles. The van der Waals surface area contributed by atoms with Crippen molar-refractivity contribution < 1.29 is 4.42 Å². The summed E-state index contributed by atoms with van der Waals surface area (Å²) in [6, 6.07) is 4.35. The van der Waals surface area contributed by atoms with E-state index in [0.29, 0.717) is 6.04 Å². The predicted molar refractivity (Wildman–Crippen MR) is 42.2 cm³/mol. The molecule has 0 radical (unpaired) electrons. The maximum absolute atomic E-state index is 5.18. The number of anilines is 1. The molecule has 0 bridgehead atoms. The van der Waals surface area contributed by atoms with Crippen molar-refractivity contribution in [1.82, 2.24) is 0 Å². The molecule has 0 amide bonds. The van der Waals surface area contributed by atoms with Gasteiger partial charge in [0.05, 0.1) is 6.26 Å². The number of nitrogens with zero attached hydrogens (tertiary/aromatic N) is 1. The number of rotatable bonds is 2. The van der Waals surface area contributed by atoms with Crippen LogP contribution in [0.2, 0.25) is 0 Å². The first kappa shape index (κ1) is 7.19. The molecule has 1 heterocycles. The van der Waals surface area contributed by atoms with Gasteiger partial charge in [0.2, 0.25) is 0 Å². The minimum atomic E-state index is 0.492. The molecule has 0 aliphatic rings. The fraction of sp³-hybridized carbons (Fsp3) is 0.500. The van der Waals surface area contributed by atoms with Crippen LogP contribution in [0.15, 0.2) is 22.8 Å². The molecule has 0 unspecified atom stereocenters. The molecule has 0 N–H and O–H groups in total. The first-order chi connectivity index (χ1) is 4.72. The van der Waals surface area contributed by atoms with Crippen LogP contribution < -0.4 is 4.90 Å². The van der Waals surface area contributed by atoms with E-state index >= 15 is 0 Å². The van der Waals surface area contributed by atoms with Crippen LogP contribution in [-0.4, -0.2) is 13.1 Å². The van der Waals surface area contributed by atoms with Crippen LogP contribution in [0, 0.1) is 0 Å². The number of furan rings is 1. The average Bonchev–Trinajstić information content (AvgIpc) is 2.36. The average molecular weight is 139 g/mol. The van der Waals surface area contributed by atoms with Crippen molar-refractivity contribution in [2.75, 3.05) is 11.9 Å². The largest absolute Gasteiger partial charge is 0.449 e. The summed E-state index contributed by atoms with van der Waals surface area (Å²) in [7, 11) is 2.02. The Hall–Kier alpha value is -0.920. The second kappa shape index (κ2) is 2.78. The third-order valence-corrected chi connectivity index (χ3v) is 1.63. The Balaban J connectivity index is 2.68. The molecule has 0 fully saturated rings. The van der Waals surface area contributed by atoms with Crippen LogP contribution in [0.1, 0.15) is 13.8 Å². The molecule has 0 aliphatic heterocycles. The summed E-state index contributed by atoms with van der Waals surface area (Å²) in [5, 5.41) is 0. The molecular formula is C8H13NO. The van der Waals surface area contributed by atoms with E-state index in [2.05, 4.69) is 18.7 Å². The monoisotopic (exact) mass is 139 g/mol. The van der Waals surface area contributed by atoms with Gasteiger partial charge in [-0.15, -0.1) is 0 Å². The van der Waals surface area contributed by atoms with Gasteiger partial charge in [-0.2, -0.15) is 0 Å². The van der Waals surface area contributed by atoms with Gasteiger partial charge in [-0.25, -0.2) is 0 Å². The van der Waals surface area contributed by atoms with Crippen LogP contribution in [0.3, 0.4) is 0 Å². The minimum absolute atomic E-state index is 0.492. The minimum Gasteiger partial charge on any atom is -0.449 e. The Morgan fingerprint density at radius 1 is 1.50 bits per heavy atom. The molecule has 0 aromatic carbocycles. The molecule has 2 nitrogen and oxygen atoms in total. The van der Waals surface area contributed by atoms with Crippen LogP contribution in [-0.2, 0) is 0 Å². The summed E-state index contributed by atoms with van der Waals surface area (Å²) >= 11 is 0. The third-order valence-electron chi connectivity index (χ3n) is 1.63. The van der Waals surface area contributed by atoms with Crippen molar-refractivity contribution in [3.05, 3.63) is 18.4 Å². The Morgan fingerprint density at radius 2 is 2.20 bits per heavy atom. The topological polar surface area (TPSA) is 16.4 Å². The van der Waals surface area contributed by atoms with Crippen molar-refractivity contribution in [1.29, 1.82) is 0 Å². The highest BCUT2D eigenvalue weighted by Crippen LogP contribution is 2.14. The van der Waals surface area contributed by atoms with Gasteiger partial charge in [-0.3, -0.25) is 0 Å². The molecule has 56 valence electrons. The van der Waals surface area contributed by atoms with E-state index in [4.69, 9.17) is 4.42 Å². The first-order valence-electron chi connectivity index (χ1n) is 3.48. The third kappa shape index (κ3) is 1.32. The summed E-state index contributed by atoms with van der Waals surface area (Å²) in [5.74, 6) is 0.926. The van der Waals surface area contributed by atoms with Gasteiger partial charge in [0.25, 0.3) is 0 Å². The summed E-state index contributed by atoms with van der Waals surface area (Å²) in [4.78, 5) is 2.08. The van der Waals surface area contributed by atoms with Crippen molar-refractivity contribution >= 4 is 5.88 Å². The van der Waals surface area contributed by atoms with E-state index in [1.165, 1.54) is 0 Å². The van der Waals surface area contributed by atoms with E-state index in [-0.39, 0.29) is 0 Å². The fourth-order valence-corrected chi connectivity index (χ4v) is 0.725.